The molecule has 178 valence electrons. The Labute approximate surface area is 213 Å². The maximum atomic E-state index is 12.8. The molecule has 0 bridgehead atoms. The summed E-state index contributed by atoms with van der Waals surface area (Å²) in [5.74, 6) is 1.34. The highest BCUT2D eigenvalue weighted by molar-refractivity contribution is 7.99. The summed E-state index contributed by atoms with van der Waals surface area (Å²) in [7, 11) is 0. The number of nitrogens with zero attached hydrogens (tertiary/aromatic N) is 4. The zero-order valence-corrected chi connectivity index (χ0v) is 22.2. The summed E-state index contributed by atoms with van der Waals surface area (Å²) in [5.41, 5.74) is 2.86. The monoisotopic (exact) mass is 513 g/mol. The van der Waals surface area contributed by atoms with Crippen LogP contribution in [0.15, 0.2) is 29.4 Å². The highest BCUT2D eigenvalue weighted by atomic mass is 35.5. The Morgan fingerprint density at radius 2 is 2.18 bits per heavy atom. The topological polar surface area (TPSA) is 83.6 Å². The van der Waals surface area contributed by atoms with Gasteiger partial charge in [0.15, 0.2) is 11.0 Å². The van der Waals surface area contributed by atoms with Gasteiger partial charge in [-0.15, -0.1) is 21.5 Å². The number of amides is 1. The van der Waals surface area contributed by atoms with Gasteiger partial charge in [-0.3, -0.25) is 4.79 Å². The Morgan fingerprint density at radius 3 is 2.85 bits per heavy atom. The number of benzene rings is 1. The van der Waals surface area contributed by atoms with Crippen LogP contribution in [0, 0.1) is 22.7 Å². The van der Waals surface area contributed by atoms with Gasteiger partial charge in [-0.2, -0.15) is 5.26 Å². The molecule has 0 radical (unpaired) electrons. The molecular formula is C25H28ClN5OS2. The number of fused-ring (bicyclic) bond motifs is 1. The second-order valence-corrected chi connectivity index (χ2v) is 12.0. The van der Waals surface area contributed by atoms with Crippen LogP contribution in [0.2, 0.25) is 5.02 Å². The third-order valence-corrected chi connectivity index (χ3v) is 8.67. The minimum Gasteiger partial charge on any atom is -0.316 e. The number of carbonyl (C=O) groups is 1. The SMILES string of the molecule is CCn1c(SCC(=O)Nc2sc3c(c2C#N)CCC(C(C)(C)C)C3)nnc1-c1cccc(Cl)c1. The van der Waals surface area contributed by atoms with Crippen molar-refractivity contribution in [1.82, 2.24) is 14.8 Å². The van der Waals surface area contributed by atoms with Gasteiger partial charge in [0, 0.05) is 22.0 Å². The molecule has 1 aliphatic rings. The van der Waals surface area contributed by atoms with Crippen LogP contribution < -0.4 is 5.32 Å². The first-order valence-corrected chi connectivity index (χ1v) is 13.6. The standard InChI is InChI=1S/C25H28ClN5OS2/c1-5-31-22(15-7-6-8-17(26)11-15)29-30-24(31)33-14-21(32)28-23-19(13-27)18-10-9-16(25(2,3)4)12-20(18)34-23/h6-8,11,16H,5,9-10,12,14H2,1-4H3,(H,28,32). The fourth-order valence-corrected chi connectivity index (χ4v) is 6.63. The molecule has 1 aliphatic carbocycles. The summed E-state index contributed by atoms with van der Waals surface area (Å²) in [6, 6.07) is 9.82. The van der Waals surface area contributed by atoms with Gasteiger partial charge in [-0.25, -0.2) is 0 Å². The van der Waals surface area contributed by atoms with E-state index in [-0.39, 0.29) is 17.1 Å². The van der Waals surface area contributed by atoms with E-state index in [4.69, 9.17) is 11.6 Å². The zero-order valence-electron chi connectivity index (χ0n) is 19.8. The maximum absolute atomic E-state index is 12.8. The predicted octanol–water partition coefficient (Wildman–Crippen LogP) is 6.43. The van der Waals surface area contributed by atoms with Crippen molar-refractivity contribution in [2.24, 2.45) is 11.3 Å². The number of rotatable bonds is 6. The first-order valence-electron chi connectivity index (χ1n) is 11.4. The molecular weight excluding hydrogens is 486 g/mol. The van der Waals surface area contributed by atoms with E-state index in [0.29, 0.717) is 33.2 Å². The van der Waals surface area contributed by atoms with E-state index in [1.54, 1.807) is 11.3 Å². The van der Waals surface area contributed by atoms with Crippen molar-refractivity contribution in [3.63, 3.8) is 0 Å². The Morgan fingerprint density at radius 1 is 1.38 bits per heavy atom. The van der Waals surface area contributed by atoms with Crippen LogP contribution in [-0.2, 0) is 24.2 Å². The Hall–Kier alpha value is -2.34. The molecule has 1 aromatic carbocycles. The summed E-state index contributed by atoms with van der Waals surface area (Å²) in [6.07, 6.45) is 2.94. The number of halogens is 1. The van der Waals surface area contributed by atoms with Crippen molar-refractivity contribution in [3.8, 4) is 17.5 Å². The van der Waals surface area contributed by atoms with E-state index in [0.717, 1.165) is 36.2 Å². The van der Waals surface area contributed by atoms with Gasteiger partial charge in [0.05, 0.1) is 11.3 Å². The van der Waals surface area contributed by atoms with E-state index < -0.39 is 0 Å². The number of carbonyl (C=O) groups excluding carboxylic acids is 1. The van der Waals surface area contributed by atoms with E-state index in [9.17, 15) is 10.1 Å². The first-order chi connectivity index (χ1) is 16.2. The Balaban J connectivity index is 1.46. The molecule has 3 aromatic rings. The molecule has 0 saturated carbocycles. The molecule has 6 nitrogen and oxygen atoms in total. The lowest BCUT2D eigenvalue weighted by Crippen LogP contribution is -2.26. The second-order valence-electron chi connectivity index (χ2n) is 9.52. The third-order valence-electron chi connectivity index (χ3n) is 6.30. The third kappa shape index (κ3) is 5.17. The number of thioether (sulfide) groups is 1. The highest BCUT2D eigenvalue weighted by Gasteiger charge is 2.32. The van der Waals surface area contributed by atoms with Crippen molar-refractivity contribution >= 4 is 45.6 Å². The summed E-state index contributed by atoms with van der Waals surface area (Å²) in [5, 5.41) is 23.4. The fraction of sp³-hybridized carbons (Fsp3) is 0.440. The minimum absolute atomic E-state index is 0.151. The smallest absolute Gasteiger partial charge is 0.235 e. The molecule has 34 heavy (non-hydrogen) atoms. The number of hydrogen-bond acceptors (Lipinski definition) is 6. The van der Waals surface area contributed by atoms with Crippen molar-refractivity contribution in [2.75, 3.05) is 11.1 Å². The van der Waals surface area contributed by atoms with E-state index in [1.807, 2.05) is 35.8 Å². The first kappa shape index (κ1) is 24.8. The predicted molar refractivity (Wildman–Crippen MR) is 139 cm³/mol. The van der Waals surface area contributed by atoms with Gasteiger partial charge >= 0.3 is 0 Å². The number of aromatic nitrogens is 3. The van der Waals surface area contributed by atoms with E-state index in [1.165, 1.54) is 16.6 Å². The molecule has 9 heteroatoms. The summed E-state index contributed by atoms with van der Waals surface area (Å²) in [6.45, 7) is 9.50. The minimum atomic E-state index is -0.151. The molecule has 1 atom stereocenters. The molecule has 1 N–H and O–H groups in total. The van der Waals surface area contributed by atoms with Crippen LogP contribution in [-0.4, -0.2) is 26.4 Å². The number of hydrogen-bond donors (Lipinski definition) is 1. The molecule has 0 saturated heterocycles. The molecule has 4 rings (SSSR count). The molecule has 2 aromatic heterocycles. The lowest BCUT2D eigenvalue weighted by Gasteiger charge is -2.33. The van der Waals surface area contributed by atoms with Gasteiger partial charge < -0.3 is 9.88 Å². The quantitative estimate of drug-likeness (QED) is 0.384. The summed E-state index contributed by atoms with van der Waals surface area (Å²) >= 11 is 9.03. The number of anilines is 1. The molecule has 1 amide bonds. The number of nitriles is 1. The van der Waals surface area contributed by atoms with E-state index >= 15 is 0 Å². The van der Waals surface area contributed by atoms with Crippen LogP contribution in [0.25, 0.3) is 11.4 Å². The average Bonchev–Trinajstić information content (AvgIpc) is 3.36. The van der Waals surface area contributed by atoms with Gasteiger partial charge in [0.25, 0.3) is 0 Å². The van der Waals surface area contributed by atoms with Gasteiger partial charge in [-0.1, -0.05) is 56.3 Å². The van der Waals surface area contributed by atoms with Crippen molar-refractivity contribution in [1.29, 1.82) is 5.26 Å². The molecule has 0 aliphatic heterocycles. The molecule has 1 unspecified atom stereocenters. The largest absolute Gasteiger partial charge is 0.316 e. The zero-order chi connectivity index (χ0) is 24.5. The number of nitrogens with one attached hydrogen (secondary N) is 1. The van der Waals surface area contributed by atoms with Crippen molar-refractivity contribution < 1.29 is 4.79 Å². The van der Waals surface area contributed by atoms with Gasteiger partial charge in [0.2, 0.25) is 5.91 Å². The van der Waals surface area contributed by atoms with Crippen LogP contribution in [0.5, 0.6) is 0 Å². The second kappa shape index (κ2) is 10.1. The van der Waals surface area contributed by atoms with Crippen molar-refractivity contribution in [2.45, 2.75) is 58.7 Å². The Bertz CT molecular complexity index is 1250. The van der Waals surface area contributed by atoms with Crippen LogP contribution in [0.3, 0.4) is 0 Å². The number of thiophene rings is 1. The maximum Gasteiger partial charge on any atom is 0.235 e. The fourth-order valence-electron chi connectivity index (χ4n) is 4.35. The molecule has 0 spiro atoms. The lowest BCUT2D eigenvalue weighted by molar-refractivity contribution is -0.113. The molecule has 0 fully saturated rings. The summed E-state index contributed by atoms with van der Waals surface area (Å²) < 4.78 is 1.97. The average molecular weight is 514 g/mol. The van der Waals surface area contributed by atoms with Crippen molar-refractivity contribution in [3.05, 3.63) is 45.3 Å². The Kier molecular flexibility index (Phi) is 7.36. The molecule has 2 heterocycles. The van der Waals surface area contributed by atoms with Gasteiger partial charge in [-0.05, 0) is 55.2 Å². The summed E-state index contributed by atoms with van der Waals surface area (Å²) in [4.78, 5) is 14.0. The lowest BCUT2D eigenvalue weighted by atomic mass is 9.72. The van der Waals surface area contributed by atoms with Crippen LogP contribution >= 0.6 is 34.7 Å². The van der Waals surface area contributed by atoms with Gasteiger partial charge in [0.1, 0.15) is 11.1 Å². The van der Waals surface area contributed by atoms with Crippen LogP contribution in [0.4, 0.5) is 5.00 Å². The normalized spacial score (nSPS) is 15.6. The van der Waals surface area contributed by atoms with E-state index in [2.05, 4.69) is 42.4 Å². The highest BCUT2D eigenvalue weighted by Crippen LogP contribution is 2.44. The van der Waals surface area contributed by atoms with Crippen LogP contribution in [0.1, 0.15) is 50.1 Å².